The van der Waals surface area contributed by atoms with Gasteiger partial charge in [0, 0.05) is 48.3 Å². The Morgan fingerprint density at radius 2 is 0.450 bits per heavy atom. The molecule has 0 radical (unpaired) electrons. The summed E-state index contributed by atoms with van der Waals surface area (Å²) in [4.78, 5) is 11.1. The lowest BCUT2D eigenvalue weighted by Crippen LogP contribution is -2.41. The maximum atomic E-state index is 2.78. The van der Waals surface area contributed by atoms with Crippen molar-refractivity contribution >= 4 is 0 Å². The molecular formula is C56H64N4. The van der Waals surface area contributed by atoms with Gasteiger partial charge in [-0.15, -0.1) is 0 Å². The molecule has 0 N–H and O–H groups in total. The molecule has 6 aromatic rings. The van der Waals surface area contributed by atoms with E-state index in [0.29, 0.717) is 48.3 Å². The molecular weight excluding hydrogens is 729 g/mol. The fourth-order valence-electron chi connectivity index (χ4n) is 11.3. The fraction of sp³-hybridized carbons (Fsp3) is 0.357. The number of nitrogens with zero attached hydrogens (tertiary/aromatic N) is 4. The molecule has 10 rings (SSSR count). The summed E-state index contributed by atoms with van der Waals surface area (Å²) in [6.07, 6.45) is 9.96. The van der Waals surface area contributed by atoms with E-state index in [2.05, 4.69) is 215 Å². The summed E-state index contributed by atoms with van der Waals surface area (Å²) in [6.45, 7) is 6.88. The smallest absolute Gasteiger partial charge is 0.0526 e. The van der Waals surface area contributed by atoms with Gasteiger partial charge in [-0.25, -0.2) is 0 Å². The molecule has 60 heavy (non-hydrogen) atoms. The molecule has 0 spiro atoms. The Labute approximate surface area is 360 Å². The Kier molecular flexibility index (Phi) is 13.0. The third-order valence-corrected chi connectivity index (χ3v) is 14.4. The Bertz CT molecular complexity index is 1910. The molecule has 0 amide bonds. The van der Waals surface area contributed by atoms with Crippen molar-refractivity contribution < 1.29 is 0 Å². The van der Waals surface area contributed by atoms with Gasteiger partial charge >= 0.3 is 0 Å². The van der Waals surface area contributed by atoms with Crippen molar-refractivity contribution in [3.63, 3.8) is 0 Å². The number of benzene rings is 6. The van der Waals surface area contributed by atoms with Crippen molar-refractivity contribution in [2.24, 2.45) is 0 Å². The first kappa shape index (κ1) is 40.6. The van der Waals surface area contributed by atoms with Crippen LogP contribution in [0.5, 0.6) is 0 Å². The zero-order valence-electron chi connectivity index (χ0n) is 35.8. The van der Waals surface area contributed by atoms with E-state index in [0.717, 1.165) is 13.3 Å². The van der Waals surface area contributed by atoms with Gasteiger partial charge in [0.1, 0.15) is 0 Å². The molecule has 4 nitrogen and oxygen atoms in total. The average molecular weight is 793 g/mol. The fourth-order valence-corrected chi connectivity index (χ4v) is 11.3. The van der Waals surface area contributed by atoms with Crippen molar-refractivity contribution in [1.29, 1.82) is 0 Å². The molecule has 4 fully saturated rings. The molecule has 0 saturated carbocycles. The largest absolute Gasteiger partial charge is 0.281 e. The second-order valence-corrected chi connectivity index (χ2v) is 17.9. The number of rotatable bonds is 10. The first-order valence-electron chi connectivity index (χ1n) is 22.9. The van der Waals surface area contributed by atoms with Crippen LogP contribution in [0.1, 0.15) is 135 Å². The van der Waals surface area contributed by atoms with Gasteiger partial charge in [0.05, 0.1) is 13.3 Å². The van der Waals surface area contributed by atoms with Crippen LogP contribution in [-0.2, 0) is 0 Å². The Balaban J connectivity index is 0.000000154. The third kappa shape index (κ3) is 8.94. The molecule has 6 aromatic carbocycles. The average Bonchev–Trinajstić information content (AvgIpc) is 4.12. The zero-order valence-corrected chi connectivity index (χ0v) is 35.8. The highest BCUT2D eigenvalue weighted by atomic mass is 15.4. The van der Waals surface area contributed by atoms with E-state index in [1.807, 2.05) is 0 Å². The molecule has 4 aliphatic heterocycles. The van der Waals surface area contributed by atoms with E-state index >= 15 is 0 Å². The van der Waals surface area contributed by atoms with Gasteiger partial charge in [-0.3, -0.25) is 19.6 Å². The molecule has 4 saturated heterocycles. The number of hydrogen-bond acceptors (Lipinski definition) is 4. The van der Waals surface area contributed by atoms with E-state index < -0.39 is 0 Å². The minimum Gasteiger partial charge on any atom is -0.281 e. The van der Waals surface area contributed by atoms with E-state index in [4.69, 9.17) is 0 Å². The molecule has 0 unspecified atom stereocenters. The maximum Gasteiger partial charge on any atom is 0.0526 e. The molecule has 4 heteroatoms. The minimum atomic E-state index is 0.487. The van der Waals surface area contributed by atoms with Crippen LogP contribution in [0.15, 0.2) is 182 Å². The molecule has 0 aromatic heterocycles. The summed E-state index contributed by atoms with van der Waals surface area (Å²) in [7, 11) is 0. The molecule has 0 aliphatic carbocycles. The lowest BCUT2D eigenvalue weighted by Gasteiger charge is -2.38. The van der Waals surface area contributed by atoms with Crippen LogP contribution in [0.4, 0.5) is 0 Å². The van der Waals surface area contributed by atoms with Crippen LogP contribution >= 0.6 is 0 Å². The first-order valence-corrected chi connectivity index (χ1v) is 22.9. The quantitative estimate of drug-likeness (QED) is 0.137. The second-order valence-electron chi connectivity index (χ2n) is 17.9. The van der Waals surface area contributed by atoms with Crippen LogP contribution in [0.2, 0.25) is 0 Å². The van der Waals surface area contributed by atoms with Crippen LogP contribution in [-0.4, -0.2) is 45.0 Å². The second kappa shape index (κ2) is 19.3. The van der Waals surface area contributed by atoms with E-state index in [-0.39, 0.29) is 0 Å². The number of hydrogen-bond donors (Lipinski definition) is 0. The van der Waals surface area contributed by atoms with E-state index in [1.54, 1.807) is 0 Å². The topological polar surface area (TPSA) is 13.0 Å². The molecule has 308 valence electrons. The van der Waals surface area contributed by atoms with E-state index in [9.17, 15) is 0 Å². The summed E-state index contributed by atoms with van der Waals surface area (Å²) in [5.74, 6) is 0. The summed E-state index contributed by atoms with van der Waals surface area (Å²) < 4.78 is 0. The maximum absolute atomic E-state index is 2.78. The van der Waals surface area contributed by atoms with Crippen LogP contribution < -0.4 is 0 Å². The Morgan fingerprint density at radius 1 is 0.267 bits per heavy atom. The van der Waals surface area contributed by atoms with Crippen molar-refractivity contribution in [1.82, 2.24) is 19.6 Å². The van der Waals surface area contributed by atoms with Gasteiger partial charge in [0.25, 0.3) is 0 Å². The summed E-state index contributed by atoms with van der Waals surface area (Å²) in [5, 5.41) is 0. The summed E-state index contributed by atoms with van der Waals surface area (Å²) in [6, 6.07) is 71.0. The van der Waals surface area contributed by atoms with Gasteiger partial charge in [0.2, 0.25) is 0 Å². The van der Waals surface area contributed by atoms with Gasteiger partial charge in [-0.1, -0.05) is 182 Å². The predicted octanol–water partition coefficient (Wildman–Crippen LogP) is 13.5. The summed E-state index contributed by atoms with van der Waals surface area (Å²) >= 11 is 0. The lowest BCUT2D eigenvalue weighted by molar-refractivity contribution is 0.0575. The van der Waals surface area contributed by atoms with Gasteiger partial charge in [-0.2, -0.15) is 0 Å². The number of likely N-dealkylation sites (tertiary alicyclic amines) is 4. The van der Waals surface area contributed by atoms with Crippen molar-refractivity contribution in [3.8, 4) is 0 Å². The molecule has 4 aliphatic rings. The third-order valence-electron chi connectivity index (χ3n) is 14.4. The Hall–Kier alpha value is -4.84. The van der Waals surface area contributed by atoms with Gasteiger partial charge in [0.15, 0.2) is 0 Å². The van der Waals surface area contributed by atoms with Crippen molar-refractivity contribution in [2.45, 2.75) is 114 Å². The van der Waals surface area contributed by atoms with Crippen LogP contribution in [0.3, 0.4) is 0 Å². The normalized spacial score (nSPS) is 27.5. The molecule has 4 heterocycles. The lowest BCUT2D eigenvalue weighted by atomic mass is 10.0. The predicted molar refractivity (Wildman–Crippen MR) is 248 cm³/mol. The molecule has 0 bridgehead atoms. The van der Waals surface area contributed by atoms with Crippen molar-refractivity contribution in [2.75, 3.05) is 13.3 Å². The Morgan fingerprint density at radius 3 is 0.667 bits per heavy atom. The summed E-state index contributed by atoms with van der Waals surface area (Å²) in [5.41, 5.74) is 8.76. The van der Waals surface area contributed by atoms with Crippen LogP contribution in [0, 0.1) is 0 Å². The van der Waals surface area contributed by atoms with Gasteiger partial charge in [-0.05, 0) is 98.6 Å². The highest BCUT2D eigenvalue weighted by molar-refractivity contribution is 5.28. The SMILES string of the molecule is C[C@@H]1CC[C@@H](c2ccccc2)N1CN1[C@H](c2ccccc2)CC[C@H]1c1ccccc1.C[C@H]1CC[C@H](c2ccccc2)N1CN1[C@@H](c2ccccc2)CC[C@@H]1c1ccccc1. The highest BCUT2D eigenvalue weighted by Gasteiger charge is 2.42. The molecule has 8 atom stereocenters. The van der Waals surface area contributed by atoms with Crippen LogP contribution in [0.25, 0.3) is 0 Å². The van der Waals surface area contributed by atoms with E-state index in [1.165, 1.54) is 84.7 Å². The first-order chi connectivity index (χ1) is 29.6. The minimum absolute atomic E-state index is 0.487. The van der Waals surface area contributed by atoms with Gasteiger partial charge < -0.3 is 0 Å². The van der Waals surface area contributed by atoms with Crippen molar-refractivity contribution in [3.05, 3.63) is 215 Å². The highest BCUT2D eigenvalue weighted by Crippen LogP contribution is 2.48. The zero-order chi connectivity index (χ0) is 40.7. The monoisotopic (exact) mass is 793 g/mol. The standard InChI is InChI=1S/2C28H32N2/c2*1-22-17-18-26(23-11-5-2-6-12-23)29(22)21-30-27(24-13-7-3-8-14-24)19-20-28(30)25-15-9-4-10-16-25/h2*2-16,22,26-28H,17-21H2,1H3/t2*22-,26+,27+,28+/m10/s1.